The summed E-state index contributed by atoms with van der Waals surface area (Å²) in [5, 5.41) is 7.11. The van der Waals surface area contributed by atoms with Gasteiger partial charge in [-0.2, -0.15) is 0 Å². The summed E-state index contributed by atoms with van der Waals surface area (Å²) in [7, 11) is 1.62. The lowest BCUT2D eigenvalue weighted by Crippen LogP contribution is -2.45. The quantitative estimate of drug-likeness (QED) is 0.767. The summed E-state index contributed by atoms with van der Waals surface area (Å²) in [6.45, 7) is 4.55. The van der Waals surface area contributed by atoms with E-state index in [2.05, 4.69) is 10.5 Å². The monoisotopic (exact) mass is 399 g/mol. The second kappa shape index (κ2) is 9.41. The number of benzene rings is 2. The smallest absolute Gasteiger partial charge is 0.318 e. The number of oxime groups is 1. The highest BCUT2D eigenvalue weighted by Crippen LogP contribution is 2.21. The molecule has 2 aromatic carbocycles. The molecule has 0 unspecified atom stereocenters. The molecule has 7 heteroatoms. The molecule has 0 radical (unpaired) electrons. The van der Waals surface area contributed by atoms with Crippen LogP contribution in [0.2, 0.25) is 0 Å². The van der Waals surface area contributed by atoms with Crippen LogP contribution in [0.4, 0.5) is 9.18 Å². The van der Waals surface area contributed by atoms with Crippen molar-refractivity contribution in [1.82, 2.24) is 10.2 Å². The van der Waals surface area contributed by atoms with Crippen LogP contribution in [0.5, 0.6) is 5.75 Å². The van der Waals surface area contributed by atoms with E-state index in [0.717, 1.165) is 22.6 Å². The zero-order valence-electron chi connectivity index (χ0n) is 16.9. The summed E-state index contributed by atoms with van der Waals surface area (Å²) in [6, 6.07) is 13.6. The molecule has 0 aromatic heterocycles. The number of halogens is 1. The molecule has 0 spiro atoms. The van der Waals surface area contributed by atoms with Crippen molar-refractivity contribution >= 4 is 11.7 Å². The summed E-state index contributed by atoms with van der Waals surface area (Å²) in [6.07, 6.45) is 0.353. The number of nitrogens with one attached hydrogen (secondary N) is 1. The molecule has 0 saturated heterocycles. The Morgan fingerprint density at radius 1 is 1.24 bits per heavy atom. The lowest BCUT2D eigenvalue weighted by Gasteiger charge is -2.26. The predicted octanol–water partition coefficient (Wildman–Crippen LogP) is 3.95. The first-order valence-electron chi connectivity index (χ1n) is 9.61. The molecule has 1 N–H and O–H groups in total. The van der Waals surface area contributed by atoms with Crippen LogP contribution in [0.15, 0.2) is 53.7 Å². The Labute approximate surface area is 170 Å². The first kappa shape index (κ1) is 20.6. The van der Waals surface area contributed by atoms with Crippen LogP contribution in [-0.2, 0) is 11.4 Å². The molecule has 29 heavy (non-hydrogen) atoms. The van der Waals surface area contributed by atoms with Crippen molar-refractivity contribution in [3.8, 4) is 5.75 Å². The largest absolute Gasteiger partial charge is 0.497 e. The first-order valence-corrected chi connectivity index (χ1v) is 9.61. The van der Waals surface area contributed by atoms with E-state index in [-0.39, 0.29) is 24.0 Å². The van der Waals surface area contributed by atoms with E-state index in [1.165, 1.54) is 12.1 Å². The molecule has 154 valence electrons. The van der Waals surface area contributed by atoms with E-state index >= 15 is 0 Å². The zero-order valence-corrected chi connectivity index (χ0v) is 16.9. The van der Waals surface area contributed by atoms with Crippen LogP contribution < -0.4 is 10.1 Å². The van der Waals surface area contributed by atoms with Crippen molar-refractivity contribution in [3.05, 3.63) is 65.5 Å². The molecule has 1 aliphatic rings. The molecule has 3 rings (SSSR count). The Hall–Kier alpha value is -3.09. The van der Waals surface area contributed by atoms with Gasteiger partial charge in [-0.05, 0) is 61.4 Å². The highest BCUT2D eigenvalue weighted by atomic mass is 19.1. The maximum absolute atomic E-state index is 13.2. The van der Waals surface area contributed by atoms with Crippen LogP contribution in [0, 0.1) is 5.82 Å². The minimum absolute atomic E-state index is 0.00817. The fourth-order valence-corrected chi connectivity index (χ4v) is 3.09. The van der Waals surface area contributed by atoms with Crippen LogP contribution in [0.3, 0.4) is 0 Å². The number of nitrogens with zero attached hydrogens (tertiary/aromatic N) is 2. The number of rotatable bonds is 7. The molecule has 0 bridgehead atoms. The number of carbonyl (C=O) groups is 1. The van der Waals surface area contributed by atoms with Gasteiger partial charge in [0.2, 0.25) is 0 Å². The van der Waals surface area contributed by atoms with E-state index in [9.17, 15) is 9.18 Å². The van der Waals surface area contributed by atoms with Crippen molar-refractivity contribution in [1.29, 1.82) is 0 Å². The third-order valence-electron chi connectivity index (χ3n) is 4.57. The van der Waals surface area contributed by atoms with Gasteiger partial charge >= 0.3 is 6.03 Å². The van der Waals surface area contributed by atoms with Crippen LogP contribution in [0.25, 0.3) is 0 Å². The number of ether oxygens (including phenoxy) is 1. The summed E-state index contributed by atoms with van der Waals surface area (Å²) >= 11 is 0. The molecular formula is C22H26FN3O3. The van der Waals surface area contributed by atoms with Crippen molar-refractivity contribution in [2.45, 2.75) is 39.0 Å². The Bertz CT molecular complexity index is 851. The highest BCUT2D eigenvalue weighted by Gasteiger charge is 2.27. The Balaban J connectivity index is 1.65. The van der Waals surface area contributed by atoms with E-state index in [0.29, 0.717) is 19.5 Å². The molecule has 2 amide bonds. The number of urea groups is 1. The molecule has 1 heterocycles. The molecular weight excluding hydrogens is 373 g/mol. The maximum Gasteiger partial charge on any atom is 0.318 e. The topological polar surface area (TPSA) is 63.2 Å². The molecule has 2 aromatic rings. The van der Waals surface area contributed by atoms with Crippen molar-refractivity contribution < 1.29 is 18.8 Å². The minimum atomic E-state index is -0.302. The summed E-state index contributed by atoms with van der Waals surface area (Å²) in [5.41, 5.74) is 2.65. The maximum atomic E-state index is 13.2. The minimum Gasteiger partial charge on any atom is -0.497 e. The number of amides is 2. The average molecular weight is 399 g/mol. The second-order valence-corrected chi connectivity index (χ2v) is 7.31. The fraction of sp³-hybridized carbons (Fsp3) is 0.364. The van der Waals surface area contributed by atoms with Gasteiger partial charge in [0.25, 0.3) is 0 Å². The van der Waals surface area contributed by atoms with E-state index in [1.807, 2.05) is 38.1 Å². The normalized spacial score (nSPS) is 15.6. The van der Waals surface area contributed by atoms with E-state index < -0.39 is 0 Å². The van der Waals surface area contributed by atoms with Gasteiger partial charge in [0, 0.05) is 19.0 Å². The second-order valence-electron chi connectivity index (χ2n) is 7.31. The third kappa shape index (κ3) is 5.70. The van der Waals surface area contributed by atoms with E-state index in [4.69, 9.17) is 9.57 Å². The third-order valence-corrected chi connectivity index (χ3v) is 4.57. The van der Waals surface area contributed by atoms with Gasteiger partial charge in [-0.15, -0.1) is 0 Å². The summed E-state index contributed by atoms with van der Waals surface area (Å²) in [4.78, 5) is 19.9. The fourth-order valence-electron chi connectivity index (χ4n) is 3.09. The van der Waals surface area contributed by atoms with Gasteiger partial charge in [-0.25, -0.2) is 9.18 Å². The molecule has 6 nitrogen and oxygen atoms in total. The summed E-state index contributed by atoms with van der Waals surface area (Å²) in [5.74, 6) is 0.476. The van der Waals surface area contributed by atoms with Crippen LogP contribution >= 0.6 is 0 Å². The average Bonchev–Trinajstić information content (AvgIpc) is 3.17. The van der Waals surface area contributed by atoms with E-state index in [1.54, 1.807) is 24.1 Å². The molecule has 1 atom stereocenters. The lowest BCUT2D eigenvalue weighted by atomic mass is 10.0. The molecule has 0 fully saturated rings. The number of hydrogen-bond donors (Lipinski definition) is 1. The van der Waals surface area contributed by atoms with Gasteiger partial charge in [0.1, 0.15) is 11.6 Å². The molecule has 1 aliphatic heterocycles. The molecule has 0 saturated carbocycles. The zero-order chi connectivity index (χ0) is 20.8. The number of carbonyl (C=O) groups excluding carboxylic acids is 1. The van der Waals surface area contributed by atoms with Gasteiger partial charge in [-0.3, -0.25) is 0 Å². The predicted molar refractivity (Wildman–Crippen MR) is 109 cm³/mol. The molecule has 0 aliphatic carbocycles. The van der Waals surface area contributed by atoms with Gasteiger partial charge in [-0.1, -0.05) is 17.3 Å². The van der Waals surface area contributed by atoms with Crippen molar-refractivity contribution in [3.63, 3.8) is 0 Å². The van der Waals surface area contributed by atoms with Crippen LogP contribution in [-0.4, -0.2) is 42.4 Å². The number of hydrogen-bond acceptors (Lipinski definition) is 4. The first-order chi connectivity index (χ1) is 13.9. The van der Waals surface area contributed by atoms with Gasteiger partial charge < -0.3 is 19.8 Å². The van der Waals surface area contributed by atoms with Crippen LogP contribution in [0.1, 0.15) is 31.4 Å². The summed E-state index contributed by atoms with van der Waals surface area (Å²) < 4.78 is 18.4. The van der Waals surface area contributed by atoms with Gasteiger partial charge in [0.05, 0.1) is 19.4 Å². The number of methoxy groups -OCH3 is 1. The Morgan fingerprint density at radius 2 is 1.93 bits per heavy atom. The van der Waals surface area contributed by atoms with Crippen molar-refractivity contribution in [2.75, 3.05) is 13.7 Å². The SMILES string of the molecule is COc1ccc(C2=NO[C@H](CN(Cc3ccc(F)cc3)C(=O)NC(C)C)C2)cc1. The standard InChI is InChI=1S/C22H26FN3O3/c1-15(2)24-22(27)26(13-16-4-8-18(23)9-5-16)14-20-12-21(25-29-20)17-6-10-19(28-3)11-7-17/h4-11,15,20H,12-14H2,1-3H3,(H,24,27)/t20-/m0/s1. The van der Waals surface area contributed by atoms with Gasteiger partial charge in [0.15, 0.2) is 6.10 Å². The Morgan fingerprint density at radius 3 is 2.55 bits per heavy atom. The Kier molecular flexibility index (Phi) is 6.69. The lowest BCUT2D eigenvalue weighted by molar-refractivity contribution is 0.0586. The highest BCUT2D eigenvalue weighted by molar-refractivity contribution is 6.01. The van der Waals surface area contributed by atoms with Crippen molar-refractivity contribution in [2.24, 2.45) is 5.16 Å².